The lowest BCUT2D eigenvalue weighted by atomic mass is 10.1. The molecule has 0 fully saturated rings. The fourth-order valence-corrected chi connectivity index (χ4v) is 1.51. The number of rotatable bonds is 9. The van der Waals surface area contributed by atoms with Crippen molar-refractivity contribution in [3.05, 3.63) is 11.6 Å². The zero-order valence-corrected chi connectivity index (χ0v) is 10.2. The van der Waals surface area contributed by atoms with Gasteiger partial charge in [0.1, 0.15) is 0 Å². The second kappa shape index (κ2) is 11.2. The van der Waals surface area contributed by atoms with Crippen molar-refractivity contribution in [2.24, 2.45) is 10.2 Å². The number of nitrogens with zero attached hydrogens (tertiary/aromatic N) is 2. The Hall–Kier alpha value is -0.920. The van der Waals surface area contributed by atoms with E-state index in [0.717, 1.165) is 6.42 Å². The van der Waals surface area contributed by atoms with Crippen LogP contribution < -0.4 is 0 Å². The fraction of sp³-hybridized carbons (Fsp3) is 0.692. The SMILES string of the molecule is C=N/N=C\C(=C/C)CCCCCCCC. The Labute approximate surface area is 94.2 Å². The molecule has 0 aliphatic heterocycles. The third-order valence-electron chi connectivity index (χ3n) is 2.50. The van der Waals surface area contributed by atoms with Gasteiger partial charge >= 0.3 is 0 Å². The first-order valence-electron chi connectivity index (χ1n) is 5.99. The number of hydrogen-bond donors (Lipinski definition) is 0. The van der Waals surface area contributed by atoms with E-state index in [1.165, 1.54) is 44.1 Å². The van der Waals surface area contributed by atoms with Crippen LogP contribution in [0.25, 0.3) is 0 Å². The van der Waals surface area contributed by atoms with Crippen molar-refractivity contribution in [1.82, 2.24) is 0 Å². The highest BCUT2D eigenvalue weighted by atomic mass is 15.2. The zero-order chi connectivity index (χ0) is 11.4. The Morgan fingerprint density at radius 3 is 2.40 bits per heavy atom. The highest BCUT2D eigenvalue weighted by molar-refractivity contribution is 5.78. The van der Waals surface area contributed by atoms with Gasteiger partial charge in [0.15, 0.2) is 0 Å². The largest absolute Gasteiger partial charge is 0.167 e. The summed E-state index contributed by atoms with van der Waals surface area (Å²) < 4.78 is 0. The first kappa shape index (κ1) is 14.1. The van der Waals surface area contributed by atoms with Crippen molar-refractivity contribution in [2.75, 3.05) is 0 Å². The van der Waals surface area contributed by atoms with Crippen LogP contribution in [0, 0.1) is 0 Å². The van der Waals surface area contributed by atoms with Crippen LogP contribution in [0.4, 0.5) is 0 Å². The van der Waals surface area contributed by atoms with E-state index < -0.39 is 0 Å². The molecule has 2 heteroatoms. The van der Waals surface area contributed by atoms with Gasteiger partial charge in [-0.05, 0) is 25.3 Å². The summed E-state index contributed by atoms with van der Waals surface area (Å²) in [5.41, 5.74) is 1.26. The van der Waals surface area contributed by atoms with Gasteiger partial charge in [0, 0.05) is 6.72 Å². The minimum atomic E-state index is 1.11. The van der Waals surface area contributed by atoms with Gasteiger partial charge in [-0.25, -0.2) is 0 Å². The van der Waals surface area contributed by atoms with E-state index in [0.29, 0.717) is 0 Å². The Bertz CT molecular complexity index is 205. The van der Waals surface area contributed by atoms with Gasteiger partial charge in [-0.1, -0.05) is 45.1 Å². The van der Waals surface area contributed by atoms with Crippen LogP contribution in [0.15, 0.2) is 21.9 Å². The Kier molecular flexibility index (Phi) is 10.5. The van der Waals surface area contributed by atoms with Crippen LogP contribution in [0.1, 0.15) is 58.8 Å². The molecular formula is C13H24N2. The fourth-order valence-electron chi connectivity index (χ4n) is 1.51. The molecule has 0 rings (SSSR count). The van der Waals surface area contributed by atoms with Crippen molar-refractivity contribution in [3.8, 4) is 0 Å². The molecule has 0 unspecified atom stereocenters. The normalized spacial score (nSPS) is 12.3. The number of hydrogen-bond acceptors (Lipinski definition) is 2. The van der Waals surface area contributed by atoms with E-state index in [-0.39, 0.29) is 0 Å². The highest BCUT2D eigenvalue weighted by Crippen LogP contribution is 2.10. The molecule has 15 heavy (non-hydrogen) atoms. The molecule has 0 N–H and O–H groups in total. The summed E-state index contributed by atoms with van der Waals surface area (Å²) in [6.45, 7) is 7.61. The quantitative estimate of drug-likeness (QED) is 0.305. The van der Waals surface area contributed by atoms with Crippen LogP contribution in [0.2, 0.25) is 0 Å². The van der Waals surface area contributed by atoms with Crippen LogP contribution in [0.5, 0.6) is 0 Å². The standard InChI is InChI=1S/C13H24N2/c1-4-6-7-8-9-10-11-13(5-2)12-15-14-3/h5,12H,3-4,6-11H2,1-2H3/b13-5-,15-12-. The summed E-state index contributed by atoms with van der Waals surface area (Å²) in [7, 11) is 0. The van der Waals surface area contributed by atoms with E-state index in [1.54, 1.807) is 6.21 Å². The van der Waals surface area contributed by atoms with Crippen LogP contribution in [-0.4, -0.2) is 12.9 Å². The minimum absolute atomic E-state index is 1.11. The molecule has 0 radical (unpaired) electrons. The molecule has 0 aliphatic carbocycles. The molecule has 0 atom stereocenters. The average Bonchev–Trinajstić information content (AvgIpc) is 2.27. The monoisotopic (exact) mass is 208 g/mol. The van der Waals surface area contributed by atoms with Crippen LogP contribution in [0.3, 0.4) is 0 Å². The predicted octanol–water partition coefficient (Wildman–Crippen LogP) is 4.37. The molecule has 0 spiro atoms. The van der Waals surface area contributed by atoms with Crippen molar-refractivity contribution in [3.63, 3.8) is 0 Å². The van der Waals surface area contributed by atoms with Crippen LogP contribution >= 0.6 is 0 Å². The minimum Gasteiger partial charge on any atom is -0.167 e. The van der Waals surface area contributed by atoms with Gasteiger partial charge < -0.3 is 0 Å². The number of allylic oxidation sites excluding steroid dienone is 2. The van der Waals surface area contributed by atoms with Crippen molar-refractivity contribution < 1.29 is 0 Å². The molecule has 86 valence electrons. The molecule has 0 bridgehead atoms. The molecule has 0 heterocycles. The lowest BCUT2D eigenvalue weighted by Gasteiger charge is -2.01. The van der Waals surface area contributed by atoms with Gasteiger partial charge in [0.25, 0.3) is 0 Å². The van der Waals surface area contributed by atoms with Crippen LogP contribution in [-0.2, 0) is 0 Å². The first-order chi connectivity index (χ1) is 7.35. The molecule has 0 aliphatic rings. The summed E-state index contributed by atoms with van der Waals surface area (Å²) in [5.74, 6) is 0. The molecule has 0 saturated carbocycles. The van der Waals surface area contributed by atoms with E-state index in [2.05, 4.69) is 29.9 Å². The lowest BCUT2D eigenvalue weighted by Crippen LogP contribution is -1.86. The molecule has 0 amide bonds. The van der Waals surface area contributed by atoms with E-state index in [4.69, 9.17) is 0 Å². The lowest BCUT2D eigenvalue weighted by molar-refractivity contribution is 0.609. The van der Waals surface area contributed by atoms with Gasteiger partial charge in [-0.3, -0.25) is 0 Å². The van der Waals surface area contributed by atoms with Gasteiger partial charge in [0.05, 0.1) is 6.21 Å². The summed E-state index contributed by atoms with van der Waals surface area (Å²) in [6, 6.07) is 0. The Balaban J connectivity index is 3.47. The topological polar surface area (TPSA) is 24.7 Å². The van der Waals surface area contributed by atoms with Crippen molar-refractivity contribution >= 4 is 12.9 Å². The average molecular weight is 208 g/mol. The summed E-state index contributed by atoms with van der Waals surface area (Å²) in [6.07, 6.45) is 13.0. The highest BCUT2D eigenvalue weighted by Gasteiger charge is 1.93. The third-order valence-corrected chi connectivity index (χ3v) is 2.50. The molecule has 0 aromatic carbocycles. The van der Waals surface area contributed by atoms with Crippen molar-refractivity contribution in [2.45, 2.75) is 58.8 Å². The number of unbranched alkanes of at least 4 members (excludes halogenated alkanes) is 5. The molecule has 0 saturated heterocycles. The zero-order valence-electron chi connectivity index (χ0n) is 10.2. The third kappa shape index (κ3) is 9.39. The Morgan fingerprint density at radius 1 is 1.13 bits per heavy atom. The maximum absolute atomic E-state index is 3.79. The summed E-state index contributed by atoms with van der Waals surface area (Å²) in [4.78, 5) is 0. The van der Waals surface area contributed by atoms with Gasteiger partial charge in [0.2, 0.25) is 0 Å². The summed E-state index contributed by atoms with van der Waals surface area (Å²) >= 11 is 0. The predicted molar refractivity (Wildman–Crippen MR) is 69.8 cm³/mol. The Morgan fingerprint density at radius 2 is 1.80 bits per heavy atom. The smallest absolute Gasteiger partial charge is 0.0524 e. The maximum atomic E-state index is 3.79. The second-order valence-electron chi connectivity index (χ2n) is 3.77. The summed E-state index contributed by atoms with van der Waals surface area (Å²) in [5, 5.41) is 7.26. The first-order valence-corrected chi connectivity index (χ1v) is 5.99. The molecule has 0 aromatic rings. The van der Waals surface area contributed by atoms with E-state index in [9.17, 15) is 0 Å². The molecular weight excluding hydrogens is 184 g/mol. The molecule has 2 nitrogen and oxygen atoms in total. The maximum Gasteiger partial charge on any atom is 0.0524 e. The van der Waals surface area contributed by atoms with Gasteiger partial charge in [-0.2, -0.15) is 10.2 Å². The van der Waals surface area contributed by atoms with Gasteiger partial charge in [-0.15, -0.1) is 0 Å². The molecule has 0 aromatic heterocycles. The van der Waals surface area contributed by atoms with E-state index in [1.807, 2.05) is 6.92 Å². The van der Waals surface area contributed by atoms with Crippen molar-refractivity contribution in [1.29, 1.82) is 0 Å². The van der Waals surface area contributed by atoms with E-state index >= 15 is 0 Å². The second-order valence-corrected chi connectivity index (χ2v) is 3.77.